The van der Waals surface area contributed by atoms with Crippen molar-refractivity contribution in [2.45, 2.75) is 6.92 Å². The lowest BCUT2D eigenvalue weighted by atomic mass is 10.1. The number of esters is 1. The number of amides is 3. The monoisotopic (exact) mass is 504 g/mol. The number of imide groups is 1. The van der Waals surface area contributed by atoms with Gasteiger partial charge < -0.3 is 24.3 Å². The van der Waals surface area contributed by atoms with Gasteiger partial charge >= 0.3 is 5.97 Å². The molecule has 37 heavy (non-hydrogen) atoms. The Balaban J connectivity index is 1.41. The number of fused-ring (bicyclic) bond motifs is 1. The Labute approximate surface area is 212 Å². The predicted octanol–water partition coefficient (Wildman–Crippen LogP) is 3.70. The van der Waals surface area contributed by atoms with Gasteiger partial charge in [-0.15, -0.1) is 0 Å². The molecule has 0 unspecified atom stereocenters. The van der Waals surface area contributed by atoms with Crippen LogP contribution in [0.2, 0.25) is 0 Å². The molecule has 0 saturated heterocycles. The number of benzene rings is 3. The number of anilines is 2. The zero-order valence-corrected chi connectivity index (χ0v) is 20.4. The predicted molar refractivity (Wildman–Crippen MR) is 134 cm³/mol. The number of ether oxygens (including phenoxy) is 4. The highest BCUT2D eigenvalue weighted by atomic mass is 16.5. The van der Waals surface area contributed by atoms with Gasteiger partial charge in [0.05, 0.1) is 43.2 Å². The van der Waals surface area contributed by atoms with Crippen LogP contribution >= 0.6 is 0 Å². The first-order valence-corrected chi connectivity index (χ1v) is 11.3. The van der Waals surface area contributed by atoms with Crippen molar-refractivity contribution in [2.75, 3.05) is 37.7 Å². The molecule has 0 aliphatic carbocycles. The van der Waals surface area contributed by atoms with E-state index >= 15 is 0 Å². The molecule has 0 saturated carbocycles. The molecule has 1 N–H and O–H groups in total. The molecule has 0 atom stereocenters. The number of hydrogen-bond acceptors (Lipinski definition) is 8. The molecule has 0 radical (unpaired) electrons. The van der Waals surface area contributed by atoms with E-state index in [1.165, 1.54) is 32.4 Å². The molecule has 10 heteroatoms. The molecule has 3 amide bonds. The van der Waals surface area contributed by atoms with Crippen molar-refractivity contribution >= 4 is 35.1 Å². The maximum absolute atomic E-state index is 13.0. The normalized spacial score (nSPS) is 12.1. The van der Waals surface area contributed by atoms with E-state index in [9.17, 15) is 19.2 Å². The maximum atomic E-state index is 13.0. The number of nitrogens with zero attached hydrogens (tertiary/aromatic N) is 1. The average Bonchev–Trinajstić information content (AvgIpc) is 3.16. The number of methoxy groups -OCH3 is 2. The first-order chi connectivity index (χ1) is 17.9. The third-order valence-corrected chi connectivity index (χ3v) is 5.53. The van der Waals surface area contributed by atoms with Crippen molar-refractivity contribution in [1.82, 2.24) is 0 Å². The second kappa shape index (κ2) is 10.8. The number of carbonyl (C=O) groups is 4. The molecule has 1 heterocycles. The van der Waals surface area contributed by atoms with Gasteiger partial charge in [0.1, 0.15) is 5.75 Å². The van der Waals surface area contributed by atoms with Crippen molar-refractivity contribution in [3.63, 3.8) is 0 Å². The summed E-state index contributed by atoms with van der Waals surface area (Å²) in [6, 6.07) is 15.4. The minimum absolute atomic E-state index is 0.0346. The zero-order valence-electron chi connectivity index (χ0n) is 20.4. The number of rotatable bonds is 9. The molecular formula is C27H24N2O8. The Morgan fingerprint density at radius 2 is 1.54 bits per heavy atom. The van der Waals surface area contributed by atoms with Crippen LogP contribution < -0.4 is 24.4 Å². The Morgan fingerprint density at radius 1 is 0.838 bits per heavy atom. The highest BCUT2D eigenvalue weighted by molar-refractivity contribution is 6.34. The number of nitrogens with one attached hydrogen (secondary N) is 1. The highest BCUT2D eigenvalue weighted by Gasteiger charge is 2.37. The molecule has 10 nitrogen and oxygen atoms in total. The van der Waals surface area contributed by atoms with Gasteiger partial charge in [0.15, 0.2) is 18.1 Å². The van der Waals surface area contributed by atoms with Crippen LogP contribution in [0.25, 0.3) is 0 Å². The summed E-state index contributed by atoms with van der Waals surface area (Å²) in [5, 5.41) is 2.60. The highest BCUT2D eigenvalue weighted by Crippen LogP contribution is 2.31. The zero-order chi connectivity index (χ0) is 26.5. The summed E-state index contributed by atoms with van der Waals surface area (Å²) in [4.78, 5) is 51.7. The molecule has 1 aliphatic rings. The molecule has 0 spiro atoms. The number of carbonyl (C=O) groups excluding carboxylic acids is 4. The quantitative estimate of drug-likeness (QED) is 0.346. The van der Waals surface area contributed by atoms with Gasteiger partial charge in [0.2, 0.25) is 0 Å². The van der Waals surface area contributed by atoms with Crippen LogP contribution in [0.1, 0.15) is 38.0 Å². The summed E-state index contributed by atoms with van der Waals surface area (Å²) < 4.78 is 20.8. The van der Waals surface area contributed by atoms with Gasteiger partial charge in [0, 0.05) is 11.8 Å². The Hall–Kier alpha value is -4.86. The maximum Gasteiger partial charge on any atom is 0.338 e. The summed E-state index contributed by atoms with van der Waals surface area (Å²) in [7, 11) is 2.97. The number of hydrogen-bond donors (Lipinski definition) is 1. The molecule has 4 rings (SSSR count). The van der Waals surface area contributed by atoms with E-state index in [1.807, 2.05) is 6.92 Å². The molecule has 1 aliphatic heterocycles. The first-order valence-electron chi connectivity index (χ1n) is 11.3. The van der Waals surface area contributed by atoms with Gasteiger partial charge in [0.25, 0.3) is 17.7 Å². The van der Waals surface area contributed by atoms with E-state index in [-0.39, 0.29) is 16.7 Å². The lowest BCUT2D eigenvalue weighted by Crippen LogP contribution is -2.29. The second-order valence-electron chi connectivity index (χ2n) is 7.83. The minimum Gasteiger partial charge on any atom is -0.494 e. The average molecular weight is 504 g/mol. The van der Waals surface area contributed by atoms with Crippen LogP contribution in [0, 0.1) is 0 Å². The summed E-state index contributed by atoms with van der Waals surface area (Å²) in [5.74, 6) is -0.919. The Bertz CT molecular complexity index is 1370. The first kappa shape index (κ1) is 25.2. The van der Waals surface area contributed by atoms with Gasteiger partial charge in [-0.2, -0.15) is 0 Å². The van der Waals surface area contributed by atoms with Crippen LogP contribution in [0.15, 0.2) is 60.7 Å². The van der Waals surface area contributed by atoms with Gasteiger partial charge in [-0.3, -0.25) is 14.4 Å². The smallest absolute Gasteiger partial charge is 0.338 e. The van der Waals surface area contributed by atoms with E-state index in [1.54, 1.807) is 42.5 Å². The van der Waals surface area contributed by atoms with Crippen molar-refractivity contribution in [3.05, 3.63) is 77.4 Å². The lowest BCUT2D eigenvalue weighted by molar-refractivity contribution is -0.119. The van der Waals surface area contributed by atoms with Crippen molar-refractivity contribution in [1.29, 1.82) is 0 Å². The third kappa shape index (κ3) is 5.22. The van der Waals surface area contributed by atoms with Gasteiger partial charge in [-0.25, -0.2) is 9.69 Å². The van der Waals surface area contributed by atoms with Crippen molar-refractivity contribution in [2.24, 2.45) is 0 Å². The van der Waals surface area contributed by atoms with E-state index in [2.05, 4.69) is 5.32 Å². The van der Waals surface area contributed by atoms with E-state index < -0.39 is 30.3 Å². The summed E-state index contributed by atoms with van der Waals surface area (Å²) >= 11 is 0. The fourth-order valence-electron chi connectivity index (χ4n) is 3.79. The van der Waals surface area contributed by atoms with Crippen molar-refractivity contribution in [3.8, 4) is 17.2 Å². The van der Waals surface area contributed by atoms with E-state index in [0.29, 0.717) is 35.2 Å². The lowest BCUT2D eigenvalue weighted by Gasteiger charge is -2.14. The summed E-state index contributed by atoms with van der Waals surface area (Å²) in [5.41, 5.74) is 1.08. The fourth-order valence-corrected chi connectivity index (χ4v) is 3.79. The SMILES string of the molecule is CCOc1ccc(N2C(=O)c3ccc(C(=O)OCC(=O)Nc4ccc(OC)c(OC)c4)cc3C2=O)cc1. The van der Waals surface area contributed by atoms with Gasteiger partial charge in [-0.1, -0.05) is 0 Å². The molecule has 0 aromatic heterocycles. The van der Waals surface area contributed by atoms with Crippen LogP contribution in [-0.4, -0.2) is 51.1 Å². The fraction of sp³-hybridized carbons (Fsp3) is 0.185. The third-order valence-electron chi connectivity index (χ3n) is 5.53. The topological polar surface area (TPSA) is 120 Å². The Morgan fingerprint density at radius 3 is 2.22 bits per heavy atom. The van der Waals surface area contributed by atoms with Crippen LogP contribution in [0.3, 0.4) is 0 Å². The molecule has 3 aromatic carbocycles. The van der Waals surface area contributed by atoms with Crippen LogP contribution in [0.4, 0.5) is 11.4 Å². The van der Waals surface area contributed by atoms with Crippen molar-refractivity contribution < 1.29 is 38.1 Å². The standard InChI is InChI=1S/C27H24N2O8/c1-4-36-19-9-7-18(8-10-19)29-25(31)20-11-5-16(13-21(20)26(29)32)27(33)37-15-24(30)28-17-6-12-22(34-2)23(14-17)35-3/h5-14H,4,15H2,1-3H3,(H,28,30). The second-order valence-corrected chi connectivity index (χ2v) is 7.83. The molecule has 0 fully saturated rings. The molecule has 190 valence electrons. The summed E-state index contributed by atoms with van der Waals surface area (Å²) in [6.45, 7) is 1.78. The van der Waals surface area contributed by atoms with E-state index in [4.69, 9.17) is 18.9 Å². The van der Waals surface area contributed by atoms with Crippen LogP contribution in [0.5, 0.6) is 17.2 Å². The van der Waals surface area contributed by atoms with Crippen LogP contribution in [-0.2, 0) is 9.53 Å². The Kier molecular flexibility index (Phi) is 7.38. The summed E-state index contributed by atoms with van der Waals surface area (Å²) in [6.07, 6.45) is 0. The largest absolute Gasteiger partial charge is 0.494 e. The molecule has 3 aromatic rings. The van der Waals surface area contributed by atoms with Gasteiger partial charge in [-0.05, 0) is 61.5 Å². The molecule has 0 bridgehead atoms. The minimum atomic E-state index is -0.815. The van der Waals surface area contributed by atoms with E-state index in [0.717, 1.165) is 4.90 Å². The molecular weight excluding hydrogens is 480 g/mol.